The van der Waals surface area contributed by atoms with Crippen LogP contribution in [-0.4, -0.2) is 45.9 Å². The summed E-state index contributed by atoms with van der Waals surface area (Å²) in [6, 6.07) is 3.77. The normalized spacial score (nSPS) is 15.1. The van der Waals surface area contributed by atoms with Crippen molar-refractivity contribution in [1.82, 2.24) is 19.8 Å². The first kappa shape index (κ1) is 18.0. The molecule has 3 rings (SSSR count). The Balaban J connectivity index is 1.58. The molecule has 0 atom stereocenters. The van der Waals surface area contributed by atoms with Gasteiger partial charge < -0.3 is 10.2 Å². The standard InChI is InChI=1S/C18H21FN4O3/c19-13-5-6-15-14(10-13)18(26)23(12-21-15)11-16(24)20-7-9-22-8-3-1-2-4-17(22)25/h5-6,10,12H,1-4,7-9,11H2,(H,20,24). The van der Waals surface area contributed by atoms with Gasteiger partial charge in [0.15, 0.2) is 0 Å². The van der Waals surface area contributed by atoms with Crippen LogP contribution in [0.4, 0.5) is 4.39 Å². The molecule has 0 bridgehead atoms. The van der Waals surface area contributed by atoms with Gasteiger partial charge in [-0.05, 0) is 31.0 Å². The molecule has 1 aliphatic heterocycles. The first-order chi connectivity index (χ1) is 12.5. The average Bonchev–Trinajstić information content (AvgIpc) is 2.82. The van der Waals surface area contributed by atoms with Gasteiger partial charge in [-0.15, -0.1) is 0 Å². The summed E-state index contributed by atoms with van der Waals surface area (Å²) >= 11 is 0. The lowest BCUT2D eigenvalue weighted by molar-refractivity contribution is -0.131. The van der Waals surface area contributed by atoms with Gasteiger partial charge in [-0.1, -0.05) is 6.42 Å². The van der Waals surface area contributed by atoms with Gasteiger partial charge in [0.25, 0.3) is 5.56 Å². The Morgan fingerprint density at radius 1 is 1.23 bits per heavy atom. The number of carbonyl (C=O) groups excluding carboxylic acids is 2. The van der Waals surface area contributed by atoms with E-state index in [-0.39, 0.29) is 23.7 Å². The molecule has 2 amide bonds. The Bertz CT molecular complexity index is 880. The molecule has 0 unspecified atom stereocenters. The zero-order valence-electron chi connectivity index (χ0n) is 14.4. The zero-order valence-corrected chi connectivity index (χ0v) is 14.4. The smallest absolute Gasteiger partial charge is 0.261 e. The van der Waals surface area contributed by atoms with Crippen LogP contribution in [0.5, 0.6) is 0 Å². The van der Waals surface area contributed by atoms with Gasteiger partial charge in [0, 0.05) is 26.1 Å². The number of aromatic nitrogens is 2. The Morgan fingerprint density at radius 3 is 2.92 bits per heavy atom. The number of hydrogen-bond donors (Lipinski definition) is 1. The summed E-state index contributed by atoms with van der Waals surface area (Å²) in [5.74, 6) is -0.763. The molecule has 0 saturated carbocycles. The van der Waals surface area contributed by atoms with Crippen molar-refractivity contribution in [2.24, 2.45) is 0 Å². The molecule has 1 fully saturated rings. The van der Waals surface area contributed by atoms with E-state index in [1.54, 1.807) is 4.90 Å². The van der Waals surface area contributed by atoms with Crippen LogP contribution in [0.1, 0.15) is 25.7 Å². The van der Waals surface area contributed by atoms with E-state index in [1.165, 1.54) is 18.5 Å². The molecule has 1 aromatic carbocycles. The van der Waals surface area contributed by atoms with E-state index in [0.717, 1.165) is 29.9 Å². The van der Waals surface area contributed by atoms with Crippen LogP contribution < -0.4 is 10.9 Å². The zero-order chi connectivity index (χ0) is 18.5. The second kappa shape index (κ2) is 8.07. The number of rotatable bonds is 5. The minimum Gasteiger partial charge on any atom is -0.353 e. The fourth-order valence-electron chi connectivity index (χ4n) is 3.06. The van der Waals surface area contributed by atoms with Crippen molar-refractivity contribution >= 4 is 22.7 Å². The number of likely N-dealkylation sites (tertiary alicyclic amines) is 1. The van der Waals surface area contributed by atoms with Crippen LogP contribution in [0.15, 0.2) is 29.3 Å². The van der Waals surface area contributed by atoms with Crippen LogP contribution in [0.25, 0.3) is 10.9 Å². The highest BCUT2D eigenvalue weighted by Crippen LogP contribution is 2.10. The van der Waals surface area contributed by atoms with E-state index in [0.29, 0.717) is 31.6 Å². The predicted molar refractivity (Wildman–Crippen MR) is 94.0 cm³/mol. The highest BCUT2D eigenvalue weighted by atomic mass is 19.1. The third-order valence-corrected chi connectivity index (χ3v) is 4.48. The maximum absolute atomic E-state index is 13.3. The summed E-state index contributed by atoms with van der Waals surface area (Å²) < 4.78 is 14.5. The number of hydrogen-bond acceptors (Lipinski definition) is 4. The molecule has 1 N–H and O–H groups in total. The highest BCUT2D eigenvalue weighted by molar-refractivity contribution is 5.79. The molecular weight excluding hydrogens is 339 g/mol. The van der Waals surface area contributed by atoms with E-state index < -0.39 is 11.4 Å². The fourth-order valence-corrected chi connectivity index (χ4v) is 3.06. The SMILES string of the molecule is O=C(Cn1cnc2ccc(F)cc2c1=O)NCCN1CCCCCC1=O. The third-order valence-electron chi connectivity index (χ3n) is 4.48. The Kier molecular flexibility index (Phi) is 5.60. The number of carbonyl (C=O) groups is 2. The minimum absolute atomic E-state index is 0.119. The van der Waals surface area contributed by atoms with Crippen molar-refractivity contribution < 1.29 is 14.0 Å². The fraction of sp³-hybridized carbons (Fsp3) is 0.444. The molecule has 0 aliphatic carbocycles. The van der Waals surface area contributed by atoms with Gasteiger partial charge in [0.2, 0.25) is 11.8 Å². The number of amides is 2. The molecule has 0 spiro atoms. The minimum atomic E-state index is -0.527. The summed E-state index contributed by atoms with van der Waals surface area (Å²) in [7, 11) is 0. The van der Waals surface area contributed by atoms with E-state index in [4.69, 9.17) is 0 Å². The molecule has 7 nitrogen and oxygen atoms in total. The summed E-state index contributed by atoms with van der Waals surface area (Å²) in [5, 5.41) is 2.85. The number of halogens is 1. The maximum atomic E-state index is 13.3. The van der Waals surface area contributed by atoms with Crippen molar-refractivity contribution in [3.05, 3.63) is 40.7 Å². The molecule has 2 heterocycles. The van der Waals surface area contributed by atoms with Crippen LogP contribution in [0.3, 0.4) is 0 Å². The Morgan fingerprint density at radius 2 is 2.08 bits per heavy atom. The number of benzene rings is 1. The van der Waals surface area contributed by atoms with Crippen molar-refractivity contribution in [2.45, 2.75) is 32.2 Å². The number of nitrogens with one attached hydrogen (secondary N) is 1. The van der Waals surface area contributed by atoms with Gasteiger partial charge in [-0.2, -0.15) is 0 Å². The lowest BCUT2D eigenvalue weighted by Gasteiger charge is -2.20. The second-order valence-electron chi connectivity index (χ2n) is 6.38. The van der Waals surface area contributed by atoms with E-state index >= 15 is 0 Å². The first-order valence-corrected chi connectivity index (χ1v) is 8.74. The largest absolute Gasteiger partial charge is 0.353 e. The molecule has 138 valence electrons. The third kappa shape index (κ3) is 4.25. The van der Waals surface area contributed by atoms with Gasteiger partial charge in [-0.3, -0.25) is 19.0 Å². The Hall–Kier alpha value is -2.77. The maximum Gasteiger partial charge on any atom is 0.261 e. The summed E-state index contributed by atoms with van der Waals surface area (Å²) in [4.78, 5) is 42.2. The van der Waals surface area contributed by atoms with Crippen LogP contribution >= 0.6 is 0 Å². The van der Waals surface area contributed by atoms with E-state index in [2.05, 4.69) is 10.3 Å². The highest BCUT2D eigenvalue weighted by Gasteiger charge is 2.16. The Labute approximate surface area is 149 Å². The molecule has 8 heteroatoms. The molecule has 0 radical (unpaired) electrons. The van der Waals surface area contributed by atoms with Crippen LogP contribution in [-0.2, 0) is 16.1 Å². The molecule has 1 aliphatic rings. The lowest BCUT2D eigenvalue weighted by Crippen LogP contribution is -2.40. The van der Waals surface area contributed by atoms with Crippen molar-refractivity contribution in [2.75, 3.05) is 19.6 Å². The monoisotopic (exact) mass is 360 g/mol. The van der Waals surface area contributed by atoms with Gasteiger partial charge in [0.05, 0.1) is 17.2 Å². The first-order valence-electron chi connectivity index (χ1n) is 8.74. The topological polar surface area (TPSA) is 84.3 Å². The molecule has 1 saturated heterocycles. The van der Waals surface area contributed by atoms with Crippen molar-refractivity contribution in [3.8, 4) is 0 Å². The molecular formula is C18H21FN4O3. The number of nitrogens with zero attached hydrogens (tertiary/aromatic N) is 3. The predicted octanol–water partition coefficient (Wildman–Crippen LogP) is 1.05. The van der Waals surface area contributed by atoms with Crippen LogP contribution in [0.2, 0.25) is 0 Å². The van der Waals surface area contributed by atoms with Crippen molar-refractivity contribution in [1.29, 1.82) is 0 Å². The quantitative estimate of drug-likeness (QED) is 0.864. The van der Waals surface area contributed by atoms with Crippen LogP contribution in [0, 0.1) is 5.82 Å². The van der Waals surface area contributed by atoms with E-state index in [9.17, 15) is 18.8 Å². The number of fused-ring (bicyclic) bond motifs is 1. The summed E-state index contributed by atoms with van der Waals surface area (Å²) in [6.07, 6.45) is 4.78. The van der Waals surface area contributed by atoms with Gasteiger partial charge in [-0.25, -0.2) is 9.37 Å². The van der Waals surface area contributed by atoms with Crippen molar-refractivity contribution in [3.63, 3.8) is 0 Å². The molecule has 26 heavy (non-hydrogen) atoms. The second-order valence-corrected chi connectivity index (χ2v) is 6.38. The molecule has 1 aromatic heterocycles. The molecule has 2 aromatic rings. The van der Waals surface area contributed by atoms with Gasteiger partial charge >= 0.3 is 0 Å². The van der Waals surface area contributed by atoms with E-state index in [1.807, 2.05) is 0 Å². The summed E-state index contributed by atoms with van der Waals surface area (Å²) in [6.45, 7) is 1.30. The summed E-state index contributed by atoms with van der Waals surface area (Å²) in [5.41, 5.74) is -0.0833. The average molecular weight is 360 g/mol. The van der Waals surface area contributed by atoms with Gasteiger partial charge in [0.1, 0.15) is 12.4 Å². The lowest BCUT2D eigenvalue weighted by atomic mass is 10.2.